The number of nitrogens with zero attached hydrogens (tertiary/aromatic N) is 5. The number of halogens is 2. The van der Waals surface area contributed by atoms with Crippen LogP contribution in [-0.2, 0) is 11.2 Å². The first kappa shape index (κ1) is 34.1. The first-order chi connectivity index (χ1) is 23.7. The topological polar surface area (TPSA) is 223 Å². The van der Waals surface area contributed by atoms with E-state index >= 15 is 8.78 Å². The predicted octanol–water partition coefficient (Wildman–Crippen LogP) is 2.61. The van der Waals surface area contributed by atoms with E-state index in [0.717, 1.165) is 5.56 Å². The maximum atomic E-state index is 15.3. The number of aromatic nitrogens is 5. The summed E-state index contributed by atoms with van der Waals surface area (Å²) in [6, 6.07) is 8.53. The van der Waals surface area contributed by atoms with Crippen molar-refractivity contribution in [3.05, 3.63) is 90.1 Å². The monoisotopic (exact) mass is 672 g/mol. The van der Waals surface area contributed by atoms with Crippen LogP contribution in [0.4, 0.5) is 20.3 Å². The van der Waals surface area contributed by atoms with E-state index in [1.807, 2.05) is 13.0 Å². The molecular formula is C32H34F2N12O3. The molecule has 49 heavy (non-hydrogen) atoms. The van der Waals surface area contributed by atoms with Gasteiger partial charge in [0.2, 0.25) is 11.7 Å². The maximum Gasteiger partial charge on any atom is 0.321 e. The quantitative estimate of drug-likeness (QED) is 0.0516. The Hall–Kier alpha value is -6.23. The zero-order chi connectivity index (χ0) is 34.9. The number of ether oxygens (including phenoxy) is 1. The molecule has 5 rings (SSSR count). The smallest absolute Gasteiger partial charge is 0.321 e. The van der Waals surface area contributed by atoms with Gasteiger partial charge in [-0.15, -0.1) is 0 Å². The van der Waals surface area contributed by atoms with Crippen LogP contribution in [0.15, 0.2) is 67.4 Å². The van der Waals surface area contributed by atoms with E-state index in [4.69, 9.17) is 21.6 Å². The number of benzene rings is 2. The highest BCUT2D eigenvalue weighted by atomic mass is 19.2. The van der Waals surface area contributed by atoms with E-state index in [0.29, 0.717) is 29.1 Å². The first-order valence-corrected chi connectivity index (χ1v) is 15.2. The van der Waals surface area contributed by atoms with Crippen molar-refractivity contribution in [1.29, 1.82) is 5.41 Å². The SMILES string of the molecule is CCc1cc(Nc2nccn3c(-c4ccc(Oc5ncccn5)c(F)c4F)cnc23)ccc1C(=O)NCCNC(=O)[C@H](N)CCNC(=N)N. The summed E-state index contributed by atoms with van der Waals surface area (Å²) in [4.78, 5) is 41.6. The number of nitrogens with one attached hydrogen (secondary N) is 5. The molecule has 254 valence electrons. The molecule has 2 amide bonds. The van der Waals surface area contributed by atoms with Gasteiger partial charge in [0.1, 0.15) is 0 Å². The first-order valence-electron chi connectivity index (χ1n) is 15.2. The Morgan fingerprint density at radius 2 is 1.76 bits per heavy atom. The molecule has 5 aromatic rings. The minimum atomic E-state index is -1.20. The molecule has 0 bridgehead atoms. The highest BCUT2D eigenvalue weighted by Gasteiger charge is 2.21. The van der Waals surface area contributed by atoms with Gasteiger partial charge in [-0.25, -0.2) is 24.3 Å². The summed E-state index contributed by atoms with van der Waals surface area (Å²) in [5, 5.41) is 18.4. The summed E-state index contributed by atoms with van der Waals surface area (Å²) in [7, 11) is 0. The normalized spacial score (nSPS) is 11.5. The van der Waals surface area contributed by atoms with Crippen molar-refractivity contribution in [3.63, 3.8) is 0 Å². The Balaban J connectivity index is 1.24. The van der Waals surface area contributed by atoms with Crippen LogP contribution in [0.3, 0.4) is 0 Å². The zero-order valence-corrected chi connectivity index (χ0v) is 26.3. The molecule has 0 unspecified atom stereocenters. The van der Waals surface area contributed by atoms with Gasteiger partial charge in [0.05, 0.1) is 17.9 Å². The molecule has 15 nitrogen and oxygen atoms in total. The average Bonchev–Trinajstić information content (AvgIpc) is 3.53. The largest absolute Gasteiger partial charge is 0.421 e. The molecule has 0 saturated carbocycles. The van der Waals surface area contributed by atoms with Gasteiger partial charge in [-0.05, 0) is 54.8 Å². The second-order valence-electron chi connectivity index (χ2n) is 10.6. The number of carbonyl (C=O) groups excluding carboxylic acids is 2. The van der Waals surface area contributed by atoms with Crippen molar-refractivity contribution in [3.8, 4) is 23.0 Å². The lowest BCUT2D eigenvalue weighted by Gasteiger charge is -2.14. The van der Waals surface area contributed by atoms with Gasteiger partial charge < -0.3 is 37.5 Å². The molecule has 3 heterocycles. The Morgan fingerprint density at radius 1 is 0.980 bits per heavy atom. The van der Waals surface area contributed by atoms with Crippen molar-refractivity contribution in [2.45, 2.75) is 25.8 Å². The standard InChI is InChI=1S/C32H34F2N12O3/c1-2-18-16-19(4-5-20(18)29(47)39-12-13-40-30(48)22(35)8-11-41-31(36)37)45-27-28-44-17-23(46(28)15-14-38-27)21-6-7-24(26(34)25(21)33)49-32-42-9-3-10-43-32/h3-7,9-10,14-17,22H,2,8,11-13,35H2,1H3,(H,38,45)(H,39,47)(H,40,48)(H4,36,37,41)/t22-/m1/s1. The van der Waals surface area contributed by atoms with Crippen LogP contribution in [0.1, 0.15) is 29.3 Å². The van der Waals surface area contributed by atoms with E-state index in [2.05, 4.69) is 41.2 Å². The number of imidazole rings is 1. The fraction of sp³-hybridized carbons (Fsp3) is 0.219. The molecule has 17 heteroatoms. The number of fused-ring (bicyclic) bond motifs is 1. The van der Waals surface area contributed by atoms with Crippen molar-refractivity contribution in [2.24, 2.45) is 11.5 Å². The molecular weight excluding hydrogens is 638 g/mol. The van der Waals surface area contributed by atoms with Gasteiger partial charge in [0.15, 0.2) is 29.0 Å². The maximum absolute atomic E-state index is 15.3. The van der Waals surface area contributed by atoms with E-state index in [9.17, 15) is 9.59 Å². The summed E-state index contributed by atoms with van der Waals surface area (Å²) in [5.41, 5.74) is 13.5. The van der Waals surface area contributed by atoms with E-state index in [-0.39, 0.29) is 66.8 Å². The number of aryl methyl sites for hydroxylation is 1. The average molecular weight is 673 g/mol. The molecule has 0 aliphatic carbocycles. The van der Waals surface area contributed by atoms with Crippen molar-refractivity contribution < 1.29 is 23.1 Å². The molecule has 0 aliphatic rings. The Kier molecular flexibility index (Phi) is 10.8. The number of hydrogen-bond acceptors (Lipinski definition) is 10. The van der Waals surface area contributed by atoms with Crippen LogP contribution in [0, 0.1) is 17.0 Å². The summed E-state index contributed by atoms with van der Waals surface area (Å²) in [6.07, 6.45) is 8.16. The summed E-state index contributed by atoms with van der Waals surface area (Å²) in [5.74, 6) is -3.24. The predicted molar refractivity (Wildman–Crippen MR) is 177 cm³/mol. The van der Waals surface area contributed by atoms with Gasteiger partial charge >= 0.3 is 6.01 Å². The molecule has 2 aromatic carbocycles. The van der Waals surface area contributed by atoms with Gasteiger partial charge in [-0.2, -0.15) is 4.39 Å². The number of rotatable bonds is 14. The molecule has 0 spiro atoms. The van der Waals surface area contributed by atoms with Crippen molar-refractivity contribution in [2.75, 3.05) is 25.0 Å². The number of nitrogens with two attached hydrogens (primary N) is 2. The summed E-state index contributed by atoms with van der Waals surface area (Å²) >= 11 is 0. The third kappa shape index (κ3) is 8.20. The van der Waals surface area contributed by atoms with E-state index < -0.39 is 17.7 Å². The lowest BCUT2D eigenvalue weighted by Crippen LogP contribution is -2.45. The number of hydrogen-bond donors (Lipinski definition) is 7. The molecule has 3 aromatic heterocycles. The highest BCUT2D eigenvalue weighted by molar-refractivity contribution is 5.96. The van der Waals surface area contributed by atoms with Gasteiger partial charge in [-0.1, -0.05) is 6.92 Å². The summed E-state index contributed by atoms with van der Waals surface area (Å²) in [6.45, 7) is 2.56. The van der Waals surface area contributed by atoms with Crippen LogP contribution < -0.4 is 37.5 Å². The second kappa shape index (κ2) is 15.6. The number of anilines is 2. The Labute approximate surface area is 279 Å². The van der Waals surface area contributed by atoms with Crippen LogP contribution in [0.25, 0.3) is 16.9 Å². The highest BCUT2D eigenvalue weighted by Crippen LogP contribution is 2.33. The Morgan fingerprint density at radius 3 is 2.51 bits per heavy atom. The van der Waals surface area contributed by atoms with Crippen molar-refractivity contribution >= 4 is 34.9 Å². The molecule has 0 radical (unpaired) electrons. The lowest BCUT2D eigenvalue weighted by atomic mass is 10.0. The minimum Gasteiger partial charge on any atom is -0.421 e. The van der Waals surface area contributed by atoms with Gasteiger partial charge in [0, 0.05) is 61.2 Å². The van der Waals surface area contributed by atoms with Crippen LogP contribution in [-0.4, -0.2) is 67.8 Å². The van der Waals surface area contributed by atoms with Gasteiger partial charge in [-0.3, -0.25) is 19.4 Å². The molecule has 0 saturated heterocycles. The second-order valence-corrected chi connectivity index (χ2v) is 10.6. The van der Waals surface area contributed by atoms with E-state index in [1.54, 1.807) is 28.8 Å². The Bertz CT molecular complexity index is 1970. The van der Waals surface area contributed by atoms with Crippen LogP contribution in [0.2, 0.25) is 0 Å². The number of amides is 2. The molecule has 0 fully saturated rings. The van der Waals surface area contributed by atoms with E-state index in [1.165, 1.54) is 36.9 Å². The fourth-order valence-electron chi connectivity index (χ4n) is 4.86. The third-order valence-electron chi connectivity index (χ3n) is 7.31. The molecule has 1 atom stereocenters. The fourth-order valence-corrected chi connectivity index (χ4v) is 4.86. The minimum absolute atomic E-state index is 0.0449. The summed E-state index contributed by atoms with van der Waals surface area (Å²) < 4.78 is 37.2. The van der Waals surface area contributed by atoms with Crippen molar-refractivity contribution in [1.82, 2.24) is 40.3 Å². The number of guanidine groups is 1. The van der Waals surface area contributed by atoms with Crippen LogP contribution in [0.5, 0.6) is 11.8 Å². The third-order valence-corrected chi connectivity index (χ3v) is 7.31. The lowest BCUT2D eigenvalue weighted by molar-refractivity contribution is -0.122. The van der Waals surface area contributed by atoms with Gasteiger partial charge in [0.25, 0.3) is 5.91 Å². The zero-order valence-electron chi connectivity index (χ0n) is 26.3. The molecule has 0 aliphatic heterocycles. The number of carbonyl (C=O) groups is 2. The van der Waals surface area contributed by atoms with Crippen LogP contribution >= 0.6 is 0 Å². The molecule has 9 N–H and O–H groups in total.